The highest BCUT2D eigenvalue weighted by atomic mass is 16.3. The lowest BCUT2D eigenvalue weighted by atomic mass is 10.0. The first-order chi connectivity index (χ1) is 14.0. The van der Waals surface area contributed by atoms with Gasteiger partial charge in [0.05, 0.1) is 12.2 Å². The molecule has 0 saturated carbocycles. The molecule has 0 aliphatic heterocycles. The Kier molecular flexibility index (Phi) is 7.42. The summed E-state index contributed by atoms with van der Waals surface area (Å²) >= 11 is 0. The second-order valence-electron chi connectivity index (χ2n) is 7.53. The third-order valence-electron chi connectivity index (χ3n) is 5.27. The zero-order valence-corrected chi connectivity index (χ0v) is 16.7. The minimum Gasteiger partial charge on any atom is -0.508 e. The van der Waals surface area contributed by atoms with Gasteiger partial charge in [0.2, 0.25) is 0 Å². The van der Waals surface area contributed by atoms with Crippen molar-refractivity contribution in [2.24, 2.45) is 0 Å². The molecule has 0 spiro atoms. The van der Waals surface area contributed by atoms with E-state index in [1.54, 1.807) is 12.1 Å². The van der Waals surface area contributed by atoms with Gasteiger partial charge in [0, 0.05) is 19.1 Å². The van der Waals surface area contributed by atoms with E-state index in [4.69, 9.17) is 0 Å². The fourth-order valence-electron chi connectivity index (χ4n) is 3.54. The maximum Gasteiger partial charge on any atom is 0.115 e. The van der Waals surface area contributed by atoms with Crippen LogP contribution in [0.15, 0.2) is 84.9 Å². The first-order valence-corrected chi connectivity index (χ1v) is 10.0. The van der Waals surface area contributed by atoms with Crippen molar-refractivity contribution in [2.45, 2.75) is 31.6 Å². The van der Waals surface area contributed by atoms with E-state index < -0.39 is 12.2 Å². The molecule has 29 heavy (non-hydrogen) atoms. The Hall–Kier alpha value is -2.66. The summed E-state index contributed by atoms with van der Waals surface area (Å²) in [4.78, 5) is 2.13. The van der Waals surface area contributed by atoms with Gasteiger partial charge in [0.1, 0.15) is 5.75 Å². The number of aliphatic hydroxyl groups is 2. The monoisotopic (exact) mass is 391 g/mol. The topological polar surface area (TPSA) is 63.9 Å². The summed E-state index contributed by atoms with van der Waals surface area (Å²) in [6, 6.07) is 26.5. The van der Waals surface area contributed by atoms with E-state index in [9.17, 15) is 15.3 Å². The summed E-state index contributed by atoms with van der Waals surface area (Å²) < 4.78 is 0. The van der Waals surface area contributed by atoms with Crippen molar-refractivity contribution in [3.05, 3.63) is 102 Å². The summed E-state index contributed by atoms with van der Waals surface area (Å²) in [6.45, 7) is 2.95. The van der Waals surface area contributed by atoms with Crippen LogP contribution >= 0.6 is 0 Å². The molecule has 3 N–H and O–H groups in total. The van der Waals surface area contributed by atoms with E-state index in [1.807, 2.05) is 72.8 Å². The van der Waals surface area contributed by atoms with Crippen LogP contribution in [-0.4, -0.2) is 39.4 Å². The molecule has 3 aromatic carbocycles. The van der Waals surface area contributed by atoms with Crippen LogP contribution < -0.4 is 0 Å². The zero-order valence-electron chi connectivity index (χ0n) is 16.7. The molecular formula is C25H29NO3. The number of aliphatic hydroxyl groups excluding tert-OH is 2. The first kappa shape index (κ1) is 21.1. The lowest BCUT2D eigenvalue weighted by Gasteiger charge is -2.33. The van der Waals surface area contributed by atoms with Crippen LogP contribution in [0.5, 0.6) is 5.75 Å². The Bertz CT molecular complexity index is 805. The van der Waals surface area contributed by atoms with Gasteiger partial charge < -0.3 is 15.3 Å². The van der Waals surface area contributed by atoms with Gasteiger partial charge in [-0.3, -0.25) is 4.90 Å². The number of nitrogens with zero attached hydrogens (tertiary/aromatic N) is 1. The maximum absolute atomic E-state index is 10.8. The van der Waals surface area contributed by atoms with Crippen molar-refractivity contribution in [3.8, 4) is 5.75 Å². The standard InChI is InChI=1S/C25H29NO3/c1-19(16-20-12-14-23(27)15-13-20)26(17-24(28)21-8-4-2-5-9-21)18-25(29)22-10-6-3-7-11-22/h2-15,19,24-25,27-29H,16-18H2,1H3/t19-,24-,25+/m1/s1. The smallest absolute Gasteiger partial charge is 0.115 e. The molecule has 3 atom stereocenters. The number of phenolic OH excluding ortho intramolecular Hbond substituents is 1. The summed E-state index contributed by atoms with van der Waals surface area (Å²) in [7, 11) is 0. The Morgan fingerprint density at radius 3 is 1.59 bits per heavy atom. The molecule has 152 valence electrons. The molecule has 0 amide bonds. The predicted molar refractivity (Wildman–Crippen MR) is 116 cm³/mol. The van der Waals surface area contributed by atoms with Crippen molar-refractivity contribution in [2.75, 3.05) is 13.1 Å². The number of benzene rings is 3. The molecule has 0 unspecified atom stereocenters. The van der Waals surface area contributed by atoms with E-state index in [-0.39, 0.29) is 11.8 Å². The van der Waals surface area contributed by atoms with Crippen LogP contribution in [0.2, 0.25) is 0 Å². The quantitative estimate of drug-likeness (QED) is 0.514. The molecule has 0 heterocycles. The van der Waals surface area contributed by atoms with Crippen LogP contribution in [0.3, 0.4) is 0 Å². The molecule has 3 rings (SSSR count). The van der Waals surface area contributed by atoms with Crippen LogP contribution in [0.25, 0.3) is 0 Å². The Morgan fingerprint density at radius 2 is 1.14 bits per heavy atom. The van der Waals surface area contributed by atoms with E-state index in [1.165, 1.54) is 0 Å². The van der Waals surface area contributed by atoms with Gasteiger partial charge in [-0.25, -0.2) is 0 Å². The lowest BCUT2D eigenvalue weighted by Crippen LogP contribution is -2.40. The first-order valence-electron chi connectivity index (χ1n) is 10.0. The SMILES string of the molecule is C[C@H](Cc1ccc(O)cc1)N(C[C@@H](O)c1ccccc1)C[C@H](O)c1ccccc1. The number of hydrogen-bond acceptors (Lipinski definition) is 4. The second-order valence-corrected chi connectivity index (χ2v) is 7.53. The van der Waals surface area contributed by atoms with E-state index in [2.05, 4.69) is 11.8 Å². The van der Waals surface area contributed by atoms with Gasteiger partial charge in [-0.05, 0) is 42.2 Å². The second kappa shape index (κ2) is 10.2. The third-order valence-corrected chi connectivity index (χ3v) is 5.27. The van der Waals surface area contributed by atoms with Crippen molar-refractivity contribution >= 4 is 0 Å². The molecule has 4 heteroatoms. The van der Waals surface area contributed by atoms with Gasteiger partial charge >= 0.3 is 0 Å². The predicted octanol–water partition coefficient (Wildman–Crippen LogP) is 4.09. The number of rotatable bonds is 9. The van der Waals surface area contributed by atoms with Crippen molar-refractivity contribution in [3.63, 3.8) is 0 Å². The Balaban J connectivity index is 1.75. The van der Waals surface area contributed by atoms with Gasteiger partial charge in [-0.15, -0.1) is 0 Å². The highest BCUT2D eigenvalue weighted by Gasteiger charge is 2.22. The van der Waals surface area contributed by atoms with Crippen molar-refractivity contribution < 1.29 is 15.3 Å². The van der Waals surface area contributed by atoms with E-state index >= 15 is 0 Å². The number of aromatic hydroxyl groups is 1. The Labute approximate surface area is 172 Å². The van der Waals surface area contributed by atoms with Crippen LogP contribution in [0.1, 0.15) is 35.8 Å². The van der Waals surface area contributed by atoms with Crippen LogP contribution in [0, 0.1) is 0 Å². The van der Waals surface area contributed by atoms with Crippen molar-refractivity contribution in [1.82, 2.24) is 4.90 Å². The van der Waals surface area contributed by atoms with Crippen molar-refractivity contribution in [1.29, 1.82) is 0 Å². The molecule has 0 bridgehead atoms. The fraction of sp³-hybridized carbons (Fsp3) is 0.280. The van der Waals surface area contributed by atoms with Gasteiger partial charge in [0.15, 0.2) is 0 Å². The molecule has 4 nitrogen and oxygen atoms in total. The maximum atomic E-state index is 10.8. The van der Waals surface area contributed by atoms with E-state index in [0.717, 1.165) is 23.1 Å². The van der Waals surface area contributed by atoms with Crippen LogP contribution in [-0.2, 0) is 6.42 Å². The fourth-order valence-corrected chi connectivity index (χ4v) is 3.54. The third kappa shape index (κ3) is 6.16. The minimum absolute atomic E-state index is 0.0938. The largest absolute Gasteiger partial charge is 0.508 e. The molecular weight excluding hydrogens is 362 g/mol. The molecule has 0 aliphatic carbocycles. The zero-order chi connectivity index (χ0) is 20.6. The Morgan fingerprint density at radius 1 is 0.690 bits per heavy atom. The highest BCUT2D eigenvalue weighted by Crippen LogP contribution is 2.22. The molecule has 0 aliphatic rings. The number of hydrogen-bond donors (Lipinski definition) is 3. The van der Waals surface area contributed by atoms with Gasteiger partial charge in [-0.2, -0.15) is 0 Å². The summed E-state index contributed by atoms with van der Waals surface area (Å²) in [6.07, 6.45) is -0.522. The van der Waals surface area contributed by atoms with Gasteiger partial charge in [0.25, 0.3) is 0 Å². The minimum atomic E-state index is -0.638. The highest BCUT2D eigenvalue weighted by molar-refractivity contribution is 5.26. The average Bonchev–Trinajstić information content (AvgIpc) is 2.76. The summed E-state index contributed by atoms with van der Waals surface area (Å²) in [5, 5.41) is 31.1. The molecule has 0 saturated heterocycles. The molecule has 0 radical (unpaired) electrons. The molecule has 0 aromatic heterocycles. The molecule has 3 aromatic rings. The van der Waals surface area contributed by atoms with Crippen LogP contribution in [0.4, 0.5) is 0 Å². The average molecular weight is 392 g/mol. The lowest BCUT2D eigenvalue weighted by molar-refractivity contribution is 0.0480. The van der Waals surface area contributed by atoms with E-state index in [0.29, 0.717) is 13.1 Å². The summed E-state index contributed by atoms with van der Waals surface area (Å²) in [5.74, 6) is 0.247. The summed E-state index contributed by atoms with van der Waals surface area (Å²) in [5.41, 5.74) is 2.83. The van der Waals surface area contributed by atoms with Gasteiger partial charge in [-0.1, -0.05) is 72.8 Å². The number of phenols is 1. The molecule has 0 fully saturated rings. The normalized spacial score (nSPS) is 14.5.